The summed E-state index contributed by atoms with van der Waals surface area (Å²) >= 11 is 0. The smallest absolute Gasteiger partial charge is 0.109 e. The summed E-state index contributed by atoms with van der Waals surface area (Å²) < 4.78 is 13.3. The molecule has 0 atom stereocenters. The predicted octanol–water partition coefficient (Wildman–Crippen LogP) is 0.172. The van der Waals surface area contributed by atoms with Crippen molar-refractivity contribution in [2.24, 2.45) is 0 Å². The molecule has 68 valence electrons. The fraction of sp³-hybridized carbons (Fsp3) is 0.714. The lowest BCUT2D eigenvalue weighted by Gasteiger charge is -1.91. The quantitative estimate of drug-likeness (QED) is 0.690. The van der Waals surface area contributed by atoms with Crippen LogP contribution in [0.5, 0.6) is 0 Å². The largest absolute Gasteiger partial charge is 0.396 e. The molecular formula is C7H12FN3O. The van der Waals surface area contributed by atoms with E-state index in [4.69, 9.17) is 5.11 Å². The Morgan fingerprint density at radius 1 is 1.58 bits per heavy atom. The Hall–Kier alpha value is -0.970. The molecule has 5 heteroatoms. The first-order chi connectivity index (χ1) is 5.86. The highest BCUT2D eigenvalue weighted by Crippen LogP contribution is 1.97. The number of hydrogen-bond acceptors (Lipinski definition) is 3. The molecule has 0 bridgehead atoms. The number of aliphatic hydroxyl groups is 1. The van der Waals surface area contributed by atoms with E-state index in [2.05, 4.69) is 10.3 Å². The number of nitrogens with zero attached hydrogens (tertiary/aromatic N) is 3. The molecular weight excluding hydrogens is 161 g/mol. The van der Waals surface area contributed by atoms with Crippen molar-refractivity contribution in [3.05, 3.63) is 11.9 Å². The molecule has 1 aromatic heterocycles. The van der Waals surface area contributed by atoms with Gasteiger partial charge in [0.05, 0.1) is 12.2 Å². The van der Waals surface area contributed by atoms with Crippen LogP contribution in [0.15, 0.2) is 6.20 Å². The minimum atomic E-state index is -0.428. The van der Waals surface area contributed by atoms with E-state index in [-0.39, 0.29) is 13.2 Å². The fourth-order valence-electron chi connectivity index (χ4n) is 0.909. The van der Waals surface area contributed by atoms with E-state index in [0.717, 1.165) is 5.69 Å². The number of aliphatic hydroxyl groups excluding tert-OH is 1. The molecule has 0 amide bonds. The van der Waals surface area contributed by atoms with Crippen molar-refractivity contribution in [2.75, 3.05) is 13.3 Å². The van der Waals surface area contributed by atoms with Gasteiger partial charge in [-0.3, -0.25) is 0 Å². The zero-order valence-corrected chi connectivity index (χ0v) is 6.78. The highest BCUT2D eigenvalue weighted by atomic mass is 19.1. The Kier molecular flexibility index (Phi) is 3.66. The molecule has 0 aromatic carbocycles. The summed E-state index contributed by atoms with van der Waals surface area (Å²) in [5.74, 6) is 0. The van der Waals surface area contributed by atoms with Gasteiger partial charge in [0.1, 0.15) is 6.67 Å². The van der Waals surface area contributed by atoms with Gasteiger partial charge in [0.2, 0.25) is 0 Å². The summed E-state index contributed by atoms with van der Waals surface area (Å²) in [5.41, 5.74) is 0.803. The first-order valence-corrected chi connectivity index (χ1v) is 3.92. The second kappa shape index (κ2) is 4.82. The third kappa shape index (κ3) is 2.58. The molecule has 12 heavy (non-hydrogen) atoms. The standard InChI is InChI=1S/C7H12FN3O/c8-3-4-11-6-7(9-10-11)2-1-5-12/h6,12H,1-5H2. The molecule has 1 rings (SSSR count). The molecule has 0 aliphatic carbocycles. The van der Waals surface area contributed by atoms with Crippen LogP contribution in [0.25, 0.3) is 0 Å². The van der Waals surface area contributed by atoms with Crippen LogP contribution in [0.2, 0.25) is 0 Å². The second-order valence-corrected chi connectivity index (χ2v) is 2.49. The molecule has 0 fully saturated rings. The fourth-order valence-corrected chi connectivity index (χ4v) is 0.909. The summed E-state index contributed by atoms with van der Waals surface area (Å²) in [7, 11) is 0. The van der Waals surface area contributed by atoms with Gasteiger partial charge in [-0.05, 0) is 12.8 Å². The summed E-state index contributed by atoms with van der Waals surface area (Å²) in [6.45, 7) is -0.0229. The van der Waals surface area contributed by atoms with E-state index in [1.807, 2.05) is 0 Å². The number of halogens is 1. The normalized spacial score (nSPS) is 10.5. The molecule has 1 heterocycles. The van der Waals surface area contributed by atoms with E-state index >= 15 is 0 Å². The number of aromatic nitrogens is 3. The lowest BCUT2D eigenvalue weighted by molar-refractivity contribution is 0.288. The SMILES string of the molecule is OCCCc1cn(CCF)nn1. The molecule has 0 unspecified atom stereocenters. The number of hydrogen-bond donors (Lipinski definition) is 1. The zero-order chi connectivity index (χ0) is 8.81. The maximum atomic E-state index is 11.8. The highest BCUT2D eigenvalue weighted by molar-refractivity contribution is 4.91. The molecule has 0 aliphatic heterocycles. The van der Waals surface area contributed by atoms with Gasteiger partial charge in [-0.2, -0.15) is 0 Å². The summed E-state index contributed by atoms with van der Waals surface area (Å²) in [4.78, 5) is 0. The first-order valence-electron chi connectivity index (χ1n) is 3.92. The van der Waals surface area contributed by atoms with Gasteiger partial charge in [0.15, 0.2) is 0 Å². The lowest BCUT2D eigenvalue weighted by atomic mass is 10.3. The minimum absolute atomic E-state index is 0.149. The van der Waals surface area contributed by atoms with Gasteiger partial charge in [-0.15, -0.1) is 5.10 Å². The Bertz CT molecular complexity index is 226. The second-order valence-electron chi connectivity index (χ2n) is 2.49. The summed E-state index contributed by atoms with van der Waals surface area (Å²) in [6.07, 6.45) is 3.08. The number of alkyl halides is 1. The molecule has 0 radical (unpaired) electrons. The topological polar surface area (TPSA) is 50.9 Å². The molecule has 0 aliphatic rings. The van der Waals surface area contributed by atoms with E-state index < -0.39 is 6.67 Å². The van der Waals surface area contributed by atoms with Crippen molar-refractivity contribution in [2.45, 2.75) is 19.4 Å². The van der Waals surface area contributed by atoms with Crippen LogP contribution in [0.1, 0.15) is 12.1 Å². The molecule has 1 aromatic rings. The Balaban J connectivity index is 2.41. The van der Waals surface area contributed by atoms with Crippen LogP contribution in [0.3, 0.4) is 0 Å². The Morgan fingerprint density at radius 2 is 2.42 bits per heavy atom. The van der Waals surface area contributed by atoms with Crippen LogP contribution in [-0.4, -0.2) is 33.4 Å². The third-order valence-electron chi connectivity index (χ3n) is 1.49. The van der Waals surface area contributed by atoms with Crippen molar-refractivity contribution in [1.29, 1.82) is 0 Å². The number of aryl methyl sites for hydroxylation is 2. The van der Waals surface area contributed by atoms with Crippen molar-refractivity contribution < 1.29 is 9.50 Å². The van der Waals surface area contributed by atoms with Crippen LogP contribution in [0, 0.1) is 0 Å². The van der Waals surface area contributed by atoms with Gasteiger partial charge in [-0.25, -0.2) is 9.07 Å². The van der Waals surface area contributed by atoms with Crippen LogP contribution in [-0.2, 0) is 13.0 Å². The summed E-state index contributed by atoms with van der Waals surface area (Å²) in [5, 5.41) is 16.0. The average molecular weight is 173 g/mol. The molecule has 4 nitrogen and oxygen atoms in total. The van der Waals surface area contributed by atoms with E-state index in [1.165, 1.54) is 4.68 Å². The predicted molar refractivity (Wildman–Crippen MR) is 41.4 cm³/mol. The van der Waals surface area contributed by atoms with Crippen molar-refractivity contribution in [3.63, 3.8) is 0 Å². The maximum absolute atomic E-state index is 11.8. The minimum Gasteiger partial charge on any atom is -0.396 e. The van der Waals surface area contributed by atoms with Crippen molar-refractivity contribution in [1.82, 2.24) is 15.0 Å². The highest BCUT2D eigenvalue weighted by Gasteiger charge is 1.98. The van der Waals surface area contributed by atoms with Gasteiger partial charge < -0.3 is 5.11 Å². The van der Waals surface area contributed by atoms with Gasteiger partial charge in [0.25, 0.3) is 0 Å². The third-order valence-corrected chi connectivity index (χ3v) is 1.49. The van der Waals surface area contributed by atoms with E-state index in [9.17, 15) is 4.39 Å². The zero-order valence-electron chi connectivity index (χ0n) is 6.78. The van der Waals surface area contributed by atoms with Gasteiger partial charge in [-0.1, -0.05) is 5.21 Å². The van der Waals surface area contributed by atoms with Crippen LogP contribution >= 0.6 is 0 Å². The van der Waals surface area contributed by atoms with Crippen molar-refractivity contribution >= 4 is 0 Å². The Labute approximate surface area is 70.0 Å². The summed E-state index contributed by atoms with van der Waals surface area (Å²) in [6, 6.07) is 0. The Morgan fingerprint density at radius 3 is 3.08 bits per heavy atom. The monoisotopic (exact) mass is 173 g/mol. The molecule has 0 spiro atoms. The van der Waals surface area contributed by atoms with Crippen LogP contribution < -0.4 is 0 Å². The van der Waals surface area contributed by atoms with E-state index in [1.54, 1.807) is 6.20 Å². The molecule has 0 saturated heterocycles. The molecule has 0 saturated carbocycles. The van der Waals surface area contributed by atoms with E-state index in [0.29, 0.717) is 12.8 Å². The van der Waals surface area contributed by atoms with Gasteiger partial charge in [0, 0.05) is 12.8 Å². The lowest BCUT2D eigenvalue weighted by Crippen LogP contribution is -1.99. The number of rotatable bonds is 5. The molecule has 1 N–H and O–H groups in total. The maximum Gasteiger partial charge on any atom is 0.109 e. The van der Waals surface area contributed by atoms with Crippen LogP contribution in [0.4, 0.5) is 4.39 Å². The van der Waals surface area contributed by atoms with Crippen molar-refractivity contribution in [3.8, 4) is 0 Å². The van der Waals surface area contributed by atoms with Gasteiger partial charge >= 0.3 is 0 Å². The first kappa shape index (κ1) is 9.12. The average Bonchev–Trinajstić information content (AvgIpc) is 2.50.